The maximum Gasteiger partial charge on any atom is 0.270 e. The second-order valence-electron chi connectivity index (χ2n) is 7.71. The summed E-state index contributed by atoms with van der Waals surface area (Å²) in [5.41, 5.74) is 1.61. The van der Waals surface area contributed by atoms with E-state index < -0.39 is 0 Å². The number of hydrogen-bond acceptors (Lipinski definition) is 4. The number of ether oxygens (including phenoxy) is 2. The standard InChI is InChI=1S/C22H27N3O4/c1-28-20-7-3-2-5-17(20)8-9-21(26)24-11-16-12-25(18(13-24)15-29-14-16)22(27)19-6-4-10-23-19/h2-7,10,16,18,23H,8-9,11-15H2,1H3/t16-,18-/m0/s1. The number of fused-ring (bicyclic) bond motifs is 3. The van der Waals surface area contributed by atoms with E-state index in [1.165, 1.54) is 0 Å². The van der Waals surface area contributed by atoms with Gasteiger partial charge in [0, 0.05) is 38.2 Å². The van der Waals surface area contributed by atoms with Crippen molar-refractivity contribution >= 4 is 11.8 Å². The van der Waals surface area contributed by atoms with Crippen LogP contribution in [0.4, 0.5) is 0 Å². The normalized spacial score (nSPS) is 21.6. The summed E-state index contributed by atoms with van der Waals surface area (Å²) in [5.74, 6) is 1.02. The van der Waals surface area contributed by atoms with Crippen molar-refractivity contribution in [3.63, 3.8) is 0 Å². The summed E-state index contributed by atoms with van der Waals surface area (Å²) in [7, 11) is 1.65. The van der Waals surface area contributed by atoms with Gasteiger partial charge in [-0.1, -0.05) is 18.2 Å². The highest BCUT2D eigenvalue weighted by Gasteiger charge is 2.37. The lowest BCUT2D eigenvalue weighted by molar-refractivity contribution is -0.133. The fourth-order valence-electron chi connectivity index (χ4n) is 4.22. The number of hydrogen-bond donors (Lipinski definition) is 1. The van der Waals surface area contributed by atoms with Crippen molar-refractivity contribution < 1.29 is 19.1 Å². The Kier molecular flexibility index (Phi) is 5.85. The molecule has 0 unspecified atom stereocenters. The SMILES string of the molecule is COc1ccccc1CCC(=O)N1C[C@@H]2COC[C@H](C1)N(C(=O)c1ccc[nH]1)C2. The Morgan fingerprint density at radius 1 is 1.14 bits per heavy atom. The average molecular weight is 397 g/mol. The number of carbonyl (C=O) groups excluding carboxylic acids is 2. The minimum absolute atomic E-state index is 0.0289. The van der Waals surface area contributed by atoms with Gasteiger partial charge in [0.2, 0.25) is 5.91 Å². The predicted molar refractivity (Wildman–Crippen MR) is 108 cm³/mol. The van der Waals surface area contributed by atoms with Crippen LogP contribution in [-0.2, 0) is 16.0 Å². The van der Waals surface area contributed by atoms with Gasteiger partial charge in [-0.05, 0) is 30.2 Å². The van der Waals surface area contributed by atoms with Gasteiger partial charge < -0.3 is 24.3 Å². The molecule has 3 heterocycles. The molecule has 2 bridgehead atoms. The van der Waals surface area contributed by atoms with Gasteiger partial charge in [0.15, 0.2) is 0 Å². The van der Waals surface area contributed by atoms with Gasteiger partial charge in [0.25, 0.3) is 5.91 Å². The number of nitrogens with one attached hydrogen (secondary N) is 1. The van der Waals surface area contributed by atoms with Crippen LogP contribution in [0.15, 0.2) is 42.6 Å². The molecule has 154 valence electrons. The fraction of sp³-hybridized carbons (Fsp3) is 0.455. The number of methoxy groups -OCH3 is 1. The van der Waals surface area contributed by atoms with Crippen LogP contribution < -0.4 is 4.74 Å². The molecule has 2 saturated heterocycles. The molecule has 2 fully saturated rings. The van der Waals surface area contributed by atoms with Crippen LogP contribution in [-0.4, -0.2) is 72.6 Å². The number of aromatic amines is 1. The first kappa shape index (κ1) is 19.5. The molecule has 29 heavy (non-hydrogen) atoms. The highest BCUT2D eigenvalue weighted by Crippen LogP contribution is 2.23. The van der Waals surface area contributed by atoms with Gasteiger partial charge in [-0.15, -0.1) is 0 Å². The van der Waals surface area contributed by atoms with Gasteiger partial charge >= 0.3 is 0 Å². The van der Waals surface area contributed by atoms with Crippen LogP contribution in [0.1, 0.15) is 22.5 Å². The molecule has 2 amide bonds. The second-order valence-corrected chi connectivity index (χ2v) is 7.71. The van der Waals surface area contributed by atoms with Crippen molar-refractivity contribution in [2.45, 2.75) is 18.9 Å². The molecule has 1 aromatic carbocycles. The van der Waals surface area contributed by atoms with Crippen LogP contribution in [0, 0.1) is 5.92 Å². The number of rotatable bonds is 5. The zero-order valence-electron chi connectivity index (χ0n) is 16.7. The van der Waals surface area contributed by atoms with Crippen molar-refractivity contribution in [2.24, 2.45) is 5.92 Å². The van der Waals surface area contributed by atoms with Crippen LogP contribution in [0.25, 0.3) is 0 Å². The highest BCUT2D eigenvalue weighted by atomic mass is 16.5. The molecule has 1 aromatic heterocycles. The Labute approximate surface area is 170 Å². The van der Waals surface area contributed by atoms with E-state index in [0.717, 1.165) is 11.3 Å². The molecule has 0 radical (unpaired) electrons. The molecule has 0 spiro atoms. The lowest BCUT2D eigenvalue weighted by Crippen LogP contribution is -2.48. The zero-order valence-corrected chi connectivity index (χ0v) is 16.7. The summed E-state index contributed by atoms with van der Waals surface area (Å²) >= 11 is 0. The van der Waals surface area contributed by atoms with E-state index in [2.05, 4.69) is 4.98 Å². The number of H-pyrrole nitrogens is 1. The number of amides is 2. The van der Waals surface area contributed by atoms with Gasteiger partial charge in [-0.3, -0.25) is 9.59 Å². The van der Waals surface area contributed by atoms with Gasteiger partial charge in [0.1, 0.15) is 11.4 Å². The van der Waals surface area contributed by atoms with E-state index in [0.29, 0.717) is 51.4 Å². The summed E-state index contributed by atoms with van der Waals surface area (Å²) < 4.78 is 11.2. The number of aromatic nitrogens is 1. The summed E-state index contributed by atoms with van der Waals surface area (Å²) in [4.78, 5) is 32.7. The first-order valence-electron chi connectivity index (χ1n) is 10.1. The Bertz CT molecular complexity index is 852. The number of carbonyl (C=O) groups is 2. The quantitative estimate of drug-likeness (QED) is 0.837. The van der Waals surface area contributed by atoms with Crippen LogP contribution in [0.5, 0.6) is 5.75 Å². The summed E-state index contributed by atoms with van der Waals surface area (Å²) in [5, 5.41) is 0. The third-order valence-corrected chi connectivity index (χ3v) is 5.71. The van der Waals surface area contributed by atoms with Crippen molar-refractivity contribution in [1.29, 1.82) is 0 Å². The second kappa shape index (κ2) is 8.69. The maximum absolute atomic E-state index is 13.0. The lowest BCUT2D eigenvalue weighted by Gasteiger charge is -2.31. The maximum atomic E-state index is 13.0. The molecule has 7 nitrogen and oxygen atoms in total. The molecule has 4 rings (SSSR count). The number of nitrogens with zero attached hydrogens (tertiary/aromatic N) is 2. The minimum atomic E-state index is -0.131. The molecule has 0 aliphatic carbocycles. The number of aryl methyl sites for hydroxylation is 1. The predicted octanol–water partition coefficient (Wildman–Crippen LogP) is 1.96. The van der Waals surface area contributed by atoms with Crippen molar-refractivity contribution in [3.05, 3.63) is 53.9 Å². The van der Waals surface area contributed by atoms with Crippen molar-refractivity contribution in [3.8, 4) is 5.75 Å². The third-order valence-electron chi connectivity index (χ3n) is 5.71. The monoisotopic (exact) mass is 397 g/mol. The van der Waals surface area contributed by atoms with Gasteiger partial charge in [0.05, 0.1) is 26.4 Å². The van der Waals surface area contributed by atoms with E-state index in [1.54, 1.807) is 19.4 Å². The molecule has 1 N–H and O–H groups in total. The largest absolute Gasteiger partial charge is 0.496 e. The van der Waals surface area contributed by atoms with Crippen molar-refractivity contribution in [1.82, 2.24) is 14.8 Å². The van der Waals surface area contributed by atoms with E-state index in [9.17, 15) is 9.59 Å². The smallest absolute Gasteiger partial charge is 0.270 e. The zero-order chi connectivity index (χ0) is 20.2. The molecule has 2 aromatic rings. The van der Waals surface area contributed by atoms with E-state index in [-0.39, 0.29) is 23.8 Å². The Morgan fingerprint density at radius 3 is 2.79 bits per heavy atom. The Balaban J connectivity index is 1.44. The van der Waals surface area contributed by atoms with Gasteiger partial charge in [-0.25, -0.2) is 0 Å². The fourth-order valence-corrected chi connectivity index (χ4v) is 4.22. The molecule has 2 aliphatic heterocycles. The number of para-hydroxylation sites is 1. The summed E-state index contributed by atoms with van der Waals surface area (Å²) in [6, 6.07) is 11.3. The summed E-state index contributed by atoms with van der Waals surface area (Å²) in [6.45, 7) is 2.77. The highest BCUT2D eigenvalue weighted by molar-refractivity contribution is 5.92. The molecule has 2 atom stereocenters. The Morgan fingerprint density at radius 2 is 2.00 bits per heavy atom. The minimum Gasteiger partial charge on any atom is -0.496 e. The van der Waals surface area contributed by atoms with E-state index in [1.807, 2.05) is 40.1 Å². The average Bonchev–Trinajstić information content (AvgIpc) is 3.11. The Hall–Kier alpha value is -2.80. The van der Waals surface area contributed by atoms with Crippen LogP contribution >= 0.6 is 0 Å². The van der Waals surface area contributed by atoms with Crippen LogP contribution in [0.2, 0.25) is 0 Å². The third kappa shape index (κ3) is 4.29. The van der Waals surface area contributed by atoms with E-state index >= 15 is 0 Å². The topological polar surface area (TPSA) is 74.9 Å². The molecule has 7 heteroatoms. The molecule has 0 saturated carbocycles. The number of benzene rings is 1. The first-order chi connectivity index (χ1) is 14.2. The van der Waals surface area contributed by atoms with Crippen LogP contribution in [0.3, 0.4) is 0 Å². The molecule has 2 aliphatic rings. The molecular weight excluding hydrogens is 370 g/mol. The van der Waals surface area contributed by atoms with Crippen molar-refractivity contribution in [2.75, 3.05) is 40.0 Å². The summed E-state index contributed by atoms with van der Waals surface area (Å²) in [6.07, 6.45) is 2.81. The lowest BCUT2D eigenvalue weighted by atomic mass is 10.1. The van der Waals surface area contributed by atoms with E-state index in [4.69, 9.17) is 9.47 Å². The molecular formula is C22H27N3O4. The van der Waals surface area contributed by atoms with Gasteiger partial charge in [-0.2, -0.15) is 0 Å². The first-order valence-corrected chi connectivity index (χ1v) is 10.1.